The van der Waals surface area contributed by atoms with Crippen LogP contribution in [0.4, 0.5) is 5.82 Å². The van der Waals surface area contributed by atoms with Gasteiger partial charge in [-0.15, -0.1) is 0 Å². The zero-order chi connectivity index (χ0) is 14.7. The summed E-state index contributed by atoms with van der Waals surface area (Å²) in [4.78, 5) is 12.2. The van der Waals surface area contributed by atoms with Crippen molar-refractivity contribution in [2.24, 2.45) is 0 Å². The third kappa shape index (κ3) is 2.77. The Morgan fingerprint density at radius 1 is 1.30 bits per heavy atom. The van der Waals surface area contributed by atoms with Gasteiger partial charge in [-0.2, -0.15) is 5.10 Å². The van der Waals surface area contributed by atoms with E-state index in [2.05, 4.69) is 31.4 Å². The normalized spacial score (nSPS) is 10.2. The first kappa shape index (κ1) is 14.4. The minimum atomic E-state index is -0.276. The van der Waals surface area contributed by atoms with Gasteiger partial charge in [0, 0.05) is 11.1 Å². The SMILES string of the molecule is COc1cc(C(=O)Nc2[nH]ncc2C)cc(OC)c1Br. The van der Waals surface area contributed by atoms with Gasteiger partial charge in [0.1, 0.15) is 21.8 Å². The number of rotatable bonds is 4. The molecule has 0 saturated heterocycles. The molecule has 2 aromatic rings. The molecule has 2 N–H and O–H groups in total. The van der Waals surface area contributed by atoms with Crippen molar-refractivity contribution in [3.05, 3.63) is 33.9 Å². The van der Waals surface area contributed by atoms with Crippen molar-refractivity contribution in [1.29, 1.82) is 0 Å². The van der Waals surface area contributed by atoms with E-state index in [1.54, 1.807) is 18.3 Å². The molecular weight excluding hydrogens is 326 g/mol. The highest BCUT2D eigenvalue weighted by Crippen LogP contribution is 2.35. The largest absolute Gasteiger partial charge is 0.495 e. The summed E-state index contributed by atoms with van der Waals surface area (Å²) >= 11 is 3.36. The van der Waals surface area contributed by atoms with Gasteiger partial charge in [-0.1, -0.05) is 0 Å². The Morgan fingerprint density at radius 2 is 1.90 bits per heavy atom. The molecular formula is C13H14BrN3O3. The lowest BCUT2D eigenvalue weighted by Gasteiger charge is -2.11. The second-order valence-corrected chi connectivity index (χ2v) is 4.87. The fraction of sp³-hybridized carbons (Fsp3) is 0.231. The zero-order valence-corrected chi connectivity index (χ0v) is 12.9. The first-order valence-electron chi connectivity index (χ1n) is 5.79. The molecule has 7 heteroatoms. The summed E-state index contributed by atoms with van der Waals surface area (Å²) in [6, 6.07) is 3.27. The second-order valence-electron chi connectivity index (χ2n) is 4.08. The Bertz CT molecular complexity index is 615. The Balaban J connectivity index is 2.32. The summed E-state index contributed by atoms with van der Waals surface area (Å²) in [6.45, 7) is 1.85. The van der Waals surface area contributed by atoms with Crippen molar-refractivity contribution < 1.29 is 14.3 Å². The van der Waals surface area contributed by atoms with Crippen molar-refractivity contribution in [2.75, 3.05) is 19.5 Å². The van der Waals surface area contributed by atoms with Crippen molar-refractivity contribution in [1.82, 2.24) is 10.2 Å². The van der Waals surface area contributed by atoms with Crippen LogP contribution in [0.15, 0.2) is 22.8 Å². The molecule has 0 radical (unpaired) electrons. The maximum Gasteiger partial charge on any atom is 0.257 e. The number of carbonyl (C=O) groups is 1. The van der Waals surface area contributed by atoms with Gasteiger partial charge in [-0.25, -0.2) is 0 Å². The molecule has 0 bridgehead atoms. The summed E-state index contributed by atoms with van der Waals surface area (Å²) in [7, 11) is 3.06. The smallest absolute Gasteiger partial charge is 0.257 e. The van der Waals surface area contributed by atoms with E-state index in [1.165, 1.54) is 14.2 Å². The standard InChI is InChI=1S/C13H14BrN3O3/c1-7-6-15-17-12(7)16-13(18)8-4-9(19-2)11(14)10(5-8)20-3/h4-6H,1-3H3,(H2,15,16,17,18). The maximum absolute atomic E-state index is 12.2. The summed E-state index contributed by atoms with van der Waals surface area (Å²) in [5.41, 5.74) is 1.28. The van der Waals surface area contributed by atoms with Gasteiger partial charge in [0.2, 0.25) is 0 Å². The Morgan fingerprint density at radius 3 is 2.35 bits per heavy atom. The monoisotopic (exact) mass is 339 g/mol. The number of amides is 1. The number of carbonyl (C=O) groups excluding carboxylic acids is 1. The Kier molecular flexibility index (Phi) is 4.29. The highest BCUT2D eigenvalue weighted by Gasteiger charge is 2.15. The Labute approximate surface area is 124 Å². The van der Waals surface area contributed by atoms with E-state index in [9.17, 15) is 4.79 Å². The highest BCUT2D eigenvalue weighted by molar-refractivity contribution is 9.10. The molecule has 1 amide bonds. The molecule has 0 spiro atoms. The molecule has 0 saturated carbocycles. The van der Waals surface area contributed by atoms with Crippen molar-refractivity contribution in [2.45, 2.75) is 6.92 Å². The van der Waals surface area contributed by atoms with Gasteiger partial charge in [0.25, 0.3) is 5.91 Å². The zero-order valence-electron chi connectivity index (χ0n) is 11.3. The number of hydrogen-bond acceptors (Lipinski definition) is 4. The molecule has 0 aliphatic rings. The molecule has 0 unspecified atom stereocenters. The van der Waals surface area contributed by atoms with Crippen LogP contribution < -0.4 is 14.8 Å². The number of methoxy groups -OCH3 is 2. The van der Waals surface area contributed by atoms with Gasteiger partial charge in [-0.05, 0) is 35.0 Å². The molecule has 2 rings (SSSR count). The van der Waals surface area contributed by atoms with Crippen LogP contribution in [0.2, 0.25) is 0 Å². The van der Waals surface area contributed by atoms with Gasteiger partial charge in [0.05, 0.1) is 20.4 Å². The van der Waals surface area contributed by atoms with E-state index in [0.717, 1.165) is 5.56 Å². The number of aromatic amines is 1. The molecule has 1 aromatic carbocycles. The van der Waals surface area contributed by atoms with Crippen LogP contribution in [0.3, 0.4) is 0 Å². The lowest BCUT2D eigenvalue weighted by molar-refractivity contribution is 0.102. The van der Waals surface area contributed by atoms with E-state index in [1.807, 2.05) is 6.92 Å². The van der Waals surface area contributed by atoms with Crippen LogP contribution in [0.1, 0.15) is 15.9 Å². The van der Waals surface area contributed by atoms with Gasteiger partial charge < -0.3 is 14.8 Å². The van der Waals surface area contributed by atoms with Crippen LogP contribution in [-0.2, 0) is 0 Å². The summed E-state index contributed by atoms with van der Waals surface area (Å²) < 4.78 is 11.1. The summed E-state index contributed by atoms with van der Waals surface area (Å²) in [5.74, 6) is 1.34. The predicted molar refractivity (Wildman–Crippen MR) is 78.5 cm³/mol. The number of H-pyrrole nitrogens is 1. The average Bonchev–Trinajstić information content (AvgIpc) is 2.84. The van der Waals surface area contributed by atoms with Gasteiger partial charge in [0.15, 0.2) is 0 Å². The fourth-order valence-electron chi connectivity index (χ4n) is 1.66. The van der Waals surface area contributed by atoms with Crippen molar-refractivity contribution >= 4 is 27.7 Å². The van der Waals surface area contributed by atoms with Gasteiger partial charge >= 0.3 is 0 Å². The first-order chi connectivity index (χ1) is 9.56. The van der Waals surface area contributed by atoms with E-state index in [0.29, 0.717) is 27.4 Å². The first-order valence-corrected chi connectivity index (χ1v) is 6.59. The molecule has 1 heterocycles. The minimum absolute atomic E-state index is 0.276. The number of aryl methyl sites for hydroxylation is 1. The molecule has 20 heavy (non-hydrogen) atoms. The van der Waals surface area contributed by atoms with Crippen LogP contribution in [-0.4, -0.2) is 30.3 Å². The van der Waals surface area contributed by atoms with E-state index in [4.69, 9.17) is 9.47 Å². The number of nitrogens with one attached hydrogen (secondary N) is 2. The number of benzene rings is 1. The number of anilines is 1. The maximum atomic E-state index is 12.2. The third-order valence-corrected chi connectivity index (χ3v) is 3.56. The molecule has 0 aliphatic carbocycles. The molecule has 106 valence electrons. The highest BCUT2D eigenvalue weighted by atomic mass is 79.9. The van der Waals surface area contributed by atoms with E-state index < -0.39 is 0 Å². The lowest BCUT2D eigenvalue weighted by Crippen LogP contribution is -2.13. The topological polar surface area (TPSA) is 76.2 Å². The van der Waals surface area contributed by atoms with Crippen LogP contribution >= 0.6 is 15.9 Å². The molecule has 1 aromatic heterocycles. The van der Waals surface area contributed by atoms with Crippen LogP contribution in [0, 0.1) is 6.92 Å². The summed E-state index contributed by atoms with van der Waals surface area (Å²) in [6.07, 6.45) is 1.64. The molecule has 6 nitrogen and oxygen atoms in total. The molecule has 0 atom stereocenters. The number of nitrogens with zero attached hydrogens (tertiary/aromatic N) is 1. The second kappa shape index (κ2) is 5.96. The van der Waals surface area contributed by atoms with Gasteiger partial charge in [-0.3, -0.25) is 9.89 Å². The summed E-state index contributed by atoms with van der Waals surface area (Å²) in [5, 5.41) is 9.32. The fourth-order valence-corrected chi connectivity index (χ4v) is 2.21. The quantitative estimate of drug-likeness (QED) is 0.897. The van der Waals surface area contributed by atoms with Crippen LogP contribution in [0.25, 0.3) is 0 Å². The van der Waals surface area contributed by atoms with Crippen LogP contribution in [0.5, 0.6) is 11.5 Å². The number of ether oxygens (including phenoxy) is 2. The lowest BCUT2D eigenvalue weighted by atomic mass is 10.2. The number of aromatic nitrogens is 2. The average molecular weight is 340 g/mol. The third-order valence-electron chi connectivity index (χ3n) is 2.78. The predicted octanol–water partition coefficient (Wildman–Crippen LogP) is 2.75. The van der Waals surface area contributed by atoms with E-state index in [-0.39, 0.29) is 5.91 Å². The van der Waals surface area contributed by atoms with Crippen molar-refractivity contribution in [3.63, 3.8) is 0 Å². The number of hydrogen-bond donors (Lipinski definition) is 2. The van der Waals surface area contributed by atoms with E-state index >= 15 is 0 Å². The minimum Gasteiger partial charge on any atom is -0.495 e. The molecule has 0 aliphatic heterocycles. The van der Waals surface area contributed by atoms with Crippen molar-refractivity contribution in [3.8, 4) is 11.5 Å². The number of halogens is 1. The molecule has 0 fully saturated rings. The Hall–Kier alpha value is -2.02.